The lowest BCUT2D eigenvalue weighted by Crippen LogP contribution is -2.41. The quantitative estimate of drug-likeness (QED) is 0.816. The standard InChI is InChI=1S/C21H32N4O/c1-4-15(5-2)23-13-9-12-19(23)25-20-18(14-22-24(20)6-3)16-10-7-8-11-17(16)21(25)26/h14-15,19H,4-13H2,1-3H3. The molecule has 0 amide bonds. The van der Waals surface area contributed by atoms with E-state index in [0.717, 1.165) is 62.8 Å². The number of likely N-dealkylation sites (tertiary alicyclic amines) is 1. The molecule has 1 unspecified atom stereocenters. The second kappa shape index (κ2) is 7.18. The Labute approximate surface area is 156 Å². The van der Waals surface area contributed by atoms with Crippen LogP contribution in [-0.2, 0) is 19.4 Å². The van der Waals surface area contributed by atoms with Crippen LogP contribution in [0.15, 0.2) is 11.0 Å². The monoisotopic (exact) mass is 356 g/mol. The maximum atomic E-state index is 13.6. The first kappa shape index (κ1) is 17.8. The highest BCUT2D eigenvalue weighted by molar-refractivity contribution is 5.81. The van der Waals surface area contributed by atoms with Crippen molar-refractivity contribution in [3.63, 3.8) is 0 Å². The van der Waals surface area contributed by atoms with Gasteiger partial charge in [-0.15, -0.1) is 0 Å². The summed E-state index contributed by atoms with van der Waals surface area (Å²) in [7, 11) is 0. The summed E-state index contributed by atoms with van der Waals surface area (Å²) in [5, 5.41) is 5.86. The maximum Gasteiger partial charge on any atom is 0.257 e. The first-order chi connectivity index (χ1) is 12.7. The van der Waals surface area contributed by atoms with Gasteiger partial charge in [0.05, 0.1) is 12.4 Å². The average molecular weight is 357 g/mol. The zero-order chi connectivity index (χ0) is 18.3. The molecule has 0 bridgehead atoms. The summed E-state index contributed by atoms with van der Waals surface area (Å²) in [4.78, 5) is 16.2. The Morgan fingerprint density at radius 1 is 1.12 bits per heavy atom. The van der Waals surface area contributed by atoms with Crippen LogP contribution < -0.4 is 5.56 Å². The lowest BCUT2D eigenvalue weighted by atomic mass is 9.91. The molecule has 1 fully saturated rings. The highest BCUT2D eigenvalue weighted by atomic mass is 16.1. The predicted molar refractivity (Wildman–Crippen MR) is 106 cm³/mol. The van der Waals surface area contributed by atoms with E-state index in [0.29, 0.717) is 6.04 Å². The van der Waals surface area contributed by atoms with Crippen molar-refractivity contribution in [1.82, 2.24) is 19.2 Å². The minimum absolute atomic E-state index is 0.184. The summed E-state index contributed by atoms with van der Waals surface area (Å²) in [5.41, 5.74) is 3.65. The van der Waals surface area contributed by atoms with Crippen LogP contribution in [0.4, 0.5) is 0 Å². The Morgan fingerprint density at radius 2 is 1.85 bits per heavy atom. The largest absolute Gasteiger partial charge is 0.280 e. The summed E-state index contributed by atoms with van der Waals surface area (Å²) in [6, 6.07) is 0.554. The average Bonchev–Trinajstić information content (AvgIpc) is 3.31. The molecule has 2 aromatic heterocycles. The SMILES string of the molecule is CCC(CC)N1CCCC1n1c(=O)c2c(c3cnn(CC)c31)CCCC2. The van der Waals surface area contributed by atoms with Gasteiger partial charge in [-0.25, -0.2) is 4.68 Å². The van der Waals surface area contributed by atoms with Gasteiger partial charge < -0.3 is 0 Å². The lowest BCUT2D eigenvalue weighted by molar-refractivity contribution is 0.124. The van der Waals surface area contributed by atoms with Gasteiger partial charge in [0.1, 0.15) is 5.65 Å². The van der Waals surface area contributed by atoms with Crippen molar-refractivity contribution in [2.24, 2.45) is 0 Å². The van der Waals surface area contributed by atoms with Crippen molar-refractivity contribution < 1.29 is 0 Å². The summed E-state index contributed by atoms with van der Waals surface area (Å²) in [6.45, 7) is 8.56. The third-order valence-corrected chi connectivity index (χ3v) is 6.58. The lowest BCUT2D eigenvalue weighted by Gasteiger charge is -2.34. The van der Waals surface area contributed by atoms with Crippen molar-refractivity contribution in [3.05, 3.63) is 27.7 Å². The molecule has 3 heterocycles. The van der Waals surface area contributed by atoms with E-state index in [1.807, 2.05) is 10.9 Å². The smallest absolute Gasteiger partial charge is 0.257 e. The fourth-order valence-electron chi connectivity index (χ4n) is 5.27. The summed E-state index contributed by atoms with van der Waals surface area (Å²) >= 11 is 0. The molecule has 26 heavy (non-hydrogen) atoms. The predicted octanol–water partition coefficient (Wildman–Crippen LogP) is 3.88. The molecule has 1 atom stereocenters. The van der Waals surface area contributed by atoms with E-state index in [1.165, 1.54) is 23.8 Å². The molecule has 0 spiro atoms. The Morgan fingerprint density at radius 3 is 2.54 bits per heavy atom. The van der Waals surface area contributed by atoms with Crippen molar-refractivity contribution in [3.8, 4) is 0 Å². The van der Waals surface area contributed by atoms with Crippen LogP contribution >= 0.6 is 0 Å². The molecule has 4 rings (SSSR count). The van der Waals surface area contributed by atoms with Crippen molar-refractivity contribution in [2.45, 2.75) is 90.9 Å². The molecule has 5 nitrogen and oxygen atoms in total. The van der Waals surface area contributed by atoms with E-state index in [4.69, 9.17) is 0 Å². The Kier molecular flexibility index (Phi) is 4.91. The van der Waals surface area contributed by atoms with Crippen molar-refractivity contribution in [2.75, 3.05) is 6.54 Å². The van der Waals surface area contributed by atoms with Gasteiger partial charge in [0.25, 0.3) is 5.56 Å². The fraction of sp³-hybridized carbons (Fsp3) is 0.714. The minimum atomic E-state index is 0.184. The molecular weight excluding hydrogens is 324 g/mol. The number of nitrogens with zero attached hydrogens (tertiary/aromatic N) is 4. The third kappa shape index (κ3) is 2.63. The first-order valence-corrected chi connectivity index (χ1v) is 10.6. The fourth-order valence-corrected chi connectivity index (χ4v) is 5.27. The Bertz CT molecular complexity index is 846. The molecule has 0 radical (unpaired) electrons. The third-order valence-electron chi connectivity index (χ3n) is 6.58. The number of aryl methyl sites for hydroxylation is 2. The van der Waals surface area contributed by atoms with Gasteiger partial charge >= 0.3 is 0 Å². The van der Waals surface area contributed by atoms with E-state index >= 15 is 0 Å². The van der Waals surface area contributed by atoms with Gasteiger partial charge in [-0.05, 0) is 63.9 Å². The van der Waals surface area contributed by atoms with Gasteiger partial charge in [-0.2, -0.15) is 5.10 Å². The number of aromatic nitrogens is 3. The molecule has 0 N–H and O–H groups in total. The van der Waals surface area contributed by atoms with Crippen molar-refractivity contribution >= 4 is 11.0 Å². The second-order valence-electron chi connectivity index (χ2n) is 7.87. The van der Waals surface area contributed by atoms with Crippen LogP contribution in [0.2, 0.25) is 0 Å². The van der Waals surface area contributed by atoms with Crippen LogP contribution in [0.5, 0.6) is 0 Å². The zero-order valence-corrected chi connectivity index (χ0v) is 16.5. The number of rotatable bonds is 5. The van der Waals surface area contributed by atoms with Gasteiger partial charge in [0.15, 0.2) is 0 Å². The van der Waals surface area contributed by atoms with E-state index in [1.54, 1.807) is 0 Å². The van der Waals surface area contributed by atoms with Gasteiger partial charge in [-0.1, -0.05) is 13.8 Å². The van der Waals surface area contributed by atoms with Gasteiger partial charge in [0.2, 0.25) is 0 Å². The van der Waals surface area contributed by atoms with Crippen LogP contribution in [0, 0.1) is 0 Å². The van der Waals surface area contributed by atoms with Crippen LogP contribution in [0.3, 0.4) is 0 Å². The van der Waals surface area contributed by atoms with Crippen LogP contribution in [0.1, 0.15) is 76.6 Å². The van der Waals surface area contributed by atoms with Crippen molar-refractivity contribution in [1.29, 1.82) is 0 Å². The first-order valence-electron chi connectivity index (χ1n) is 10.6. The van der Waals surface area contributed by atoms with E-state index in [2.05, 4.69) is 35.3 Å². The van der Waals surface area contributed by atoms with Gasteiger partial charge in [-0.3, -0.25) is 14.3 Å². The van der Waals surface area contributed by atoms with E-state index in [-0.39, 0.29) is 11.7 Å². The zero-order valence-electron chi connectivity index (χ0n) is 16.5. The highest BCUT2D eigenvalue weighted by Gasteiger charge is 2.34. The molecule has 0 saturated carbocycles. The molecule has 2 aromatic rings. The molecule has 5 heteroatoms. The van der Waals surface area contributed by atoms with E-state index < -0.39 is 0 Å². The molecular formula is C21H32N4O. The second-order valence-corrected chi connectivity index (χ2v) is 7.87. The van der Waals surface area contributed by atoms with Crippen LogP contribution in [-0.4, -0.2) is 31.8 Å². The molecule has 2 aliphatic rings. The minimum Gasteiger partial charge on any atom is -0.280 e. The number of pyridine rings is 1. The molecule has 1 saturated heterocycles. The Balaban J connectivity index is 1.95. The summed E-state index contributed by atoms with van der Waals surface area (Å²) in [5.74, 6) is 0. The van der Waals surface area contributed by atoms with Gasteiger partial charge in [0, 0.05) is 30.1 Å². The molecule has 1 aliphatic heterocycles. The Hall–Kier alpha value is -1.62. The molecule has 0 aromatic carbocycles. The topological polar surface area (TPSA) is 43.1 Å². The number of fused-ring (bicyclic) bond motifs is 3. The summed E-state index contributed by atoms with van der Waals surface area (Å²) in [6.07, 6.45) is 11.0. The number of hydrogen-bond acceptors (Lipinski definition) is 3. The maximum absolute atomic E-state index is 13.6. The highest BCUT2D eigenvalue weighted by Crippen LogP contribution is 2.34. The van der Waals surface area contributed by atoms with Crippen LogP contribution in [0.25, 0.3) is 11.0 Å². The number of hydrogen-bond donors (Lipinski definition) is 0. The molecule has 1 aliphatic carbocycles. The van der Waals surface area contributed by atoms with E-state index in [9.17, 15) is 4.79 Å². The molecule has 142 valence electrons. The normalized spacial score (nSPS) is 21.0. The summed E-state index contributed by atoms with van der Waals surface area (Å²) < 4.78 is 4.16.